The Morgan fingerprint density at radius 2 is 1.94 bits per heavy atom. The fraction of sp³-hybridized carbons (Fsp3) is 0.714. The molecule has 0 amide bonds. The average Bonchev–Trinajstić information content (AvgIpc) is 2.24. The van der Waals surface area contributed by atoms with Gasteiger partial charge in [0, 0.05) is 17.3 Å². The van der Waals surface area contributed by atoms with Crippen molar-refractivity contribution in [3.05, 3.63) is 11.8 Å². The molecule has 0 unspecified atom stereocenters. The van der Waals surface area contributed by atoms with Gasteiger partial charge in [0.25, 0.3) is 0 Å². The van der Waals surface area contributed by atoms with Crippen molar-refractivity contribution in [3.63, 3.8) is 0 Å². The quantitative estimate of drug-likeness (QED) is 0.805. The van der Waals surface area contributed by atoms with Crippen LogP contribution < -0.4 is 10.1 Å². The molecule has 1 aromatic heterocycles. The zero-order valence-electron chi connectivity index (χ0n) is 12.2. The zero-order valence-corrected chi connectivity index (χ0v) is 12.2. The van der Waals surface area contributed by atoms with Gasteiger partial charge in [-0.3, -0.25) is 0 Å². The third-order valence-electron chi connectivity index (χ3n) is 2.61. The lowest BCUT2D eigenvalue weighted by Gasteiger charge is -2.26. The SMILES string of the molecule is CCCOc1cc(C)nc(NC(C)(C)CCC)n1. The number of hydrogen-bond acceptors (Lipinski definition) is 4. The molecule has 1 N–H and O–H groups in total. The lowest BCUT2D eigenvalue weighted by molar-refractivity contribution is 0.304. The van der Waals surface area contributed by atoms with Crippen LogP contribution in [0.3, 0.4) is 0 Å². The van der Waals surface area contributed by atoms with Gasteiger partial charge in [-0.15, -0.1) is 0 Å². The largest absolute Gasteiger partial charge is 0.478 e. The Bertz CT molecular complexity index is 377. The molecule has 1 aromatic rings. The van der Waals surface area contributed by atoms with Crippen molar-refractivity contribution < 1.29 is 4.74 Å². The Labute approximate surface area is 110 Å². The topological polar surface area (TPSA) is 47.0 Å². The normalized spacial score (nSPS) is 11.4. The van der Waals surface area contributed by atoms with E-state index in [2.05, 4.69) is 43.0 Å². The predicted molar refractivity (Wildman–Crippen MR) is 75.2 cm³/mol. The second-order valence-corrected chi connectivity index (χ2v) is 5.28. The van der Waals surface area contributed by atoms with Gasteiger partial charge < -0.3 is 10.1 Å². The van der Waals surface area contributed by atoms with Crippen molar-refractivity contribution in [3.8, 4) is 5.88 Å². The van der Waals surface area contributed by atoms with Gasteiger partial charge in [-0.1, -0.05) is 20.3 Å². The van der Waals surface area contributed by atoms with E-state index in [0.717, 1.165) is 25.0 Å². The molecule has 0 fully saturated rings. The molecule has 0 atom stereocenters. The summed E-state index contributed by atoms with van der Waals surface area (Å²) in [6.07, 6.45) is 3.19. The molecule has 0 aliphatic rings. The van der Waals surface area contributed by atoms with Crippen LogP contribution in [0, 0.1) is 6.92 Å². The van der Waals surface area contributed by atoms with Gasteiger partial charge in [-0.05, 0) is 33.6 Å². The first-order valence-corrected chi connectivity index (χ1v) is 6.73. The zero-order chi connectivity index (χ0) is 13.6. The van der Waals surface area contributed by atoms with Crippen molar-refractivity contribution in [1.29, 1.82) is 0 Å². The highest BCUT2D eigenvalue weighted by Gasteiger charge is 2.17. The van der Waals surface area contributed by atoms with Gasteiger partial charge in [-0.2, -0.15) is 4.98 Å². The number of anilines is 1. The molecule has 0 aliphatic carbocycles. The second kappa shape index (κ2) is 6.57. The maximum atomic E-state index is 5.56. The minimum Gasteiger partial charge on any atom is -0.478 e. The monoisotopic (exact) mass is 251 g/mol. The number of rotatable bonds is 7. The maximum absolute atomic E-state index is 5.56. The minimum absolute atomic E-state index is 0.00453. The Morgan fingerprint density at radius 1 is 1.22 bits per heavy atom. The third kappa shape index (κ3) is 4.90. The second-order valence-electron chi connectivity index (χ2n) is 5.28. The van der Waals surface area contributed by atoms with Crippen molar-refractivity contribution in [1.82, 2.24) is 9.97 Å². The standard InChI is InChI=1S/C14H25N3O/c1-6-8-14(4,5)17-13-15-11(3)10-12(16-13)18-9-7-2/h10H,6-9H2,1-5H3,(H,15,16,17). The molecule has 18 heavy (non-hydrogen) atoms. The summed E-state index contributed by atoms with van der Waals surface area (Å²) >= 11 is 0. The van der Waals surface area contributed by atoms with Gasteiger partial charge >= 0.3 is 0 Å². The van der Waals surface area contributed by atoms with Crippen molar-refractivity contribution in [2.75, 3.05) is 11.9 Å². The third-order valence-corrected chi connectivity index (χ3v) is 2.61. The van der Waals surface area contributed by atoms with Crippen LogP contribution in [0.4, 0.5) is 5.95 Å². The molecule has 1 heterocycles. The number of aryl methyl sites for hydroxylation is 1. The van der Waals surface area contributed by atoms with Crippen LogP contribution in [-0.4, -0.2) is 22.1 Å². The first kappa shape index (κ1) is 14.7. The molecule has 4 nitrogen and oxygen atoms in total. The van der Waals surface area contributed by atoms with Crippen LogP contribution in [-0.2, 0) is 0 Å². The summed E-state index contributed by atoms with van der Waals surface area (Å²) in [5, 5.41) is 3.37. The molecular formula is C14H25N3O. The molecule has 0 spiro atoms. The van der Waals surface area contributed by atoms with E-state index < -0.39 is 0 Å². The summed E-state index contributed by atoms with van der Waals surface area (Å²) in [6, 6.07) is 1.87. The Balaban J connectivity index is 2.79. The summed E-state index contributed by atoms with van der Waals surface area (Å²) in [5.41, 5.74) is 0.927. The highest BCUT2D eigenvalue weighted by Crippen LogP contribution is 2.19. The molecule has 0 saturated heterocycles. The highest BCUT2D eigenvalue weighted by molar-refractivity contribution is 5.33. The average molecular weight is 251 g/mol. The fourth-order valence-electron chi connectivity index (χ4n) is 1.87. The maximum Gasteiger partial charge on any atom is 0.226 e. The Kier molecular flexibility index (Phi) is 5.38. The van der Waals surface area contributed by atoms with Crippen LogP contribution in [0.25, 0.3) is 0 Å². The van der Waals surface area contributed by atoms with E-state index in [-0.39, 0.29) is 5.54 Å². The van der Waals surface area contributed by atoms with E-state index in [4.69, 9.17) is 4.74 Å². The lowest BCUT2D eigenvalue weighted by atomic mass is 9.99. The van der Waals surface area contributed by atoms with E-state index in [1.165, 1.54) is 0 Å². The highest BCUT2D eigenvalue weighted by atomic mass is 16.5. The van der Waals surface area contributed by atoms with Crippen LogP contribution in [0.2, 0.25) is 0 Å². The van der Waals surface area contributed by atoms with Crippen molar-refractivity contribution in [2.24, 2.45) is 0 Å². The van der Waals surface area contributed by atoms with Gasteiger partial charge in [0.05, 0.1) is 6.61 Å². The molecule has 0 saturated carbocycles. The Hall–Kier alpha value is -1.32. The lowest BCUT2D eigenvalue weighted by Crippen LogP contribution is -2.31. The molecule has 102 valence electrons. The first-order valence-electron chi connectivity index (χ1n) is 6.73. The molecule has 0 aliphatic heterocycles. The number of aromatic nitrogens is 2. The van der Waals surface area contributed by atoms with Crippen LogP contribution in [0.1, 0.15) is 52.7 Å². The summed E-state index contributed by atoms with van der Waals surface area (Å²) in [5.74, 6) is 1.30. The molecule has 0 bridgehead atoms. The molecule has 4 heteroatoms. The first-order chi connectivity index (χ1) is 8.46. The van der Waals surface area contributed by atoms with E-state index in [0.29, 0.717) is 18.4 Å². The molecule has 1 rings (SSSR count). The summed E-state index contributed by atoms with van der Waals surface area (Å²) in [7, 11) is 0. The van der Waals surface area contributed by atoms with Crippen molar-refractivity contribution >= 4 is 5.95 Å². The van der Waals surface area contributed by atoms with E-state index >= 15 is 0 Å². The van der Waals surface area contributed by atoms with Gasteiger partial charge in [0.1, 0.15) is 0 Å². The van der Waals surface area contributed by atoms with E-state index in [9.17, 15) is 0 Å². The fourth-order valence-corrected chi connectivity index (χ4v) is 1.87. The minimum atomic E-state index is 0.00453. The van der Waals surface area contributed by atoms with Gasteiger partial charge in [0.2, 0.25) is 11.8 Å². The van der Waals surface area contributed by atoms with Crippen LogP contribution >= 0.6 is 0 Å². The van der Waals surface area contributed by atoms with E-state index in [1.807, 2.05) is 13.0 Å². The van der Waals surface area contributed by atoms with Crippen molar-refractivity contribution in [2.45, 2.75) is 59.4 Å². The van der Waals surface area contributed by atoms with Crippen LogP contribution in [0.15, 0.2) is 6.07 Å². The van der Waals surface area contributed by atoms with Crippen LogP contribution in [0.5, 0.6) is 5.88 Å². The number of hydrogen-bond donors (Lipinski definition) is 1. The number of nitrogens with zero attached hydrogens (tertiary/aromatic N) is 2. The number of ether oxygens (including phenoxy) is 1. The van der Waals surface area contributed by atoms with Gasteiger partial charge in [0.15, 0.2) is 0 Å². The molecule has 0 radical (unpaired) electrons. The summed E-state index contributed by atoms with van der Waals surface area (Å²) < 4.78 is 5.56. The predicted octanol–water partition coefficient (Wildman–Crippen LogP) is 3.56. The summed E-state index contributed by atoms with van der Waals surface area (Å²) in [4.78, 5) is 8.80. The smallest absolute Gasteiger partial charge is 0.226 e. The van der Waals surface area contributed by atoms with E-state index in [1.54, 1.807) is 0 Å². The van der Waals surface area contributed by atoms with Gasteiger partial charge in [-0.25, -0.2) is 4.98 Å². The summed E-state index contributed by atoms with van der Waals surface area (Å²) in [6.45, 7) is 11.2. The number of nitrogens with one attached hydrogen (secondary N) is 1. The molecule has 0 aromatic carbocycles. The Morgan fingerprint density at radius 3 is 2.56 bits per heavy atom. The molecular weight excluding hydrogens is 226 g/mol.